The lowest BCUT2D eigenvalue weighted by molar-refractivity contribution is 0.290. The molecule has 84 valence electrons. The Hall–Kier alpha value is -1.97. The molecule has 0 fully saturated rings. The number of ether oxygens (including phenoxy) is 1. The average Bonchev–Trinajstić information content (AvgIpc) is 2.59. The number of aromatic nitrogens is 2. The van der Waals surface area contributed by atoms with Crippen molar-refractivity contribution in [1.82, 2.24) is 9.55 Å². The van der Waals surface area contributed by atoms with Crippen LogP contribution >= 0.6 is 0 Å². The molecule has 4 nitrogen and oxygen atoms in total. The summed E-state index contributed by atoms with van der Waals surface area (Å²) in [6, 6.07) is 5.16. The van der Waals surface area contributed by atoms with Crippen molar-refractivity contribution in [2.45, 2.75) is 13.5 Å². The molecule has 0 spiro atoms. The molecule has 0 aliphatic carbocycles. The minimum Gasteiger partial charge on any atom is -0.508 e. The van der Waals surface area contributed by atoms with Crippen LogP contribution in [0.25, 0.3) is 0 Å². The van der Waals surface area contributed by atoms with Crippen molar-refractivity contribution in [2.24, 2.45) is 7.05 Å². The van der Waals surface area contributed by atoms with Crippen molar-refractivity contribution in [2.75, 3.05) is 0 Å². The van der Waals surface area contributed by atoms with Crippen LogP contribution < -0.4 is 4.74 Å². The Kier molecular flexibility index (Phi) is 2.81. The van der Waals surface area contributed by atoms with Crippen LogP contribution in [0.15, 0.2) is 30.6 Å². The van der Waals surface area contributed by atoms with Gasteiger partial charge in [0.1, 0.15) is 23.9 Å². The van der Waals surface area contributed by atoms with Gasteiger partial charge in [-0.3, -0.25) is 0 Å². The van der Waals surface area contributed by atoms with Gasteiger partial charge in [-0.25, -0.2) is 4.98 Å². The van der Waals surface area contributed by atoms with Gasteiger partial charge in [0.15, 0.2) is 0 Å². The molecule has 0 aliphatic rings. The number of aromatic hydroxyl groups is 1. The zero-order valence-corrected chi connectivity index (χ0v) is 9.34. The second kappa shape index (κ2) is 4.26. The third-order valence-electron chi connectivity index (χ3n) is 2.32. The summed E-state index contributed by atoms with van der Waals surface area (Å²) >= 11 is 0. The zero-order chi connectivity index (χ0) is 11.5. The van der Waals surface area contributed by atoms with E-state index in [0.29, 0.717) is 12.4 Å². The van der Waals surface area contributed by atoms with E-state index < -0.39 is 0 Å². The van der Waals surface area contributed by atoms with Crippen LogP contribution in [0.5, 0.6) is 11.5 Å². The van der Waals surface area contributed by atoms with Crippen molar-refractivity contribution >= 4 is 0 Å². The second-order valence-electron chi connectivity index (χ2n) is 3.75. The normalized spacial score (nSPS) is 10.4. The lowest BCUT2D eigenvalue weighted by atomic mass is 10.2. The van der Waals surface area contributed by atoms with Crippen LogP contribution in [0.3, 0.4) is 0 Å². The molecule has 0 amide bonds. The molecule has 0 radical (unpaired) electrons. The van der Waals surface area contributed by atoms with E-state index in [1.54, 1.807) is 18.3 Å². The van der Waals surface area contributed by atoms with Crippen LogP contribution in [-0.2, 0) is 13.7 Å². The van der Waals surface area contributed by atoms with E-state index in [1.807, 2.05) is 30.8 Å². The number of imidazole rings is 1. The van der Waals surface area contributed by atoms with E-state index in [0.717, 1.165) is 11.4 Å². The van der Waals surface area contributed by atoms with E-state index in [4.69, 9.17) is 4.74 Å². The highest BCUT2D eigenvalue weighted by atomic mass is 16.5. The van der Waals surface area contributed by atoms with Gasteiger partial charge in [-0.1, -0.05) is 0 Å². The van der Waals surface area contributed by atoms with Crippen LogP contribution in [-0.4, -0.2) is 14.7 Å². The predicted molar refractivity (Wildman–Crippen MR) is 60.4 cm³/mol. The van der Waals surface area contributed by atoms with Crippen LogP contribution in [0.4, 0.5) is 0 Å². The van der Waals surface area contributed by atoms with Gasteiger partial charge in [-0.15, -0.1) is 0 Å². The van der Waals surface area contributed by atoms with Gasteiger partial charge in [0.25, 0.3) is 0 Å². The number of hydrogen-bond donors (Lipinski definition) is 1. The monoisotopic (exact) mass is 218 g/mol. The molecule has 4 heteroatoms. The van der Waals surface area contributed by atoms with Crippen molar-refractivity contribution in [3.8, 4) is 11.5 Å². The molecular formula is C12H14N2O2. The summed E-state index contributed by atoms with van der Waals surface area (Å²) in [5.41, 5.74) is 0.967. The van der Waals surface area contributed by atoms with Gasteiger partial charge in [0.05, 0.1) is 0 Å². The van der Waals surface area contributed by atoms with Gasteiger partial charge in [0, 0.05) is 25.5 Å². The van der Waals surface area contributed by atoms with Crippen molar-refractivity contribution < 1.29 is 9.84 Å². The highest BCUT2D eigenvalue weighted by Crippen LogP contribution is 2.21. The maximum atomic E-state index is 9.40. The first-order chi connectivity index (χ1) is 7.65. The molecule has 1 aromatic heterocycles. The lowest BCUT2D eigenvalue weighted by Gasteiger charge is -2.07. The number of hydrogen-bond acceptors (Lipinski definition) is 3. The summed E-state index contributed by atoms with van der Waals surface area (Å²) in [5.74, 6) is 1.72. The summed E-state index contributed by atoms with van der Waals surface area (Å²) in [5, 5.41) is 9.40. The number of benzene rings is 1. The van der Waals surface area contributed by atoms with Crippen LogP contribution in [0.1, 0.15) is 11.4 Å². The van der Waals surface area contributed by atoms with Crippen LogP contribution in [0.2, 0.25) is 0 Å². The van der Waals surface area contributed by atoms with E-state index in [9.17, 15) is 5.11 Å². The molecule has 0 atom stereocenters. The fraction of sp³-hybridized carbons (Fsp3) is 0.250. The van der Waals surface area contributed by atoms with Gasteiger partial charge >= 0.3 is 0 Å². The number of phenolic OH excluding ortho intramolecular Hbond substituents is 1. The molecule has 0 unspecified atom stereocenters. The maximum absolute atomic E-state index is 9.40. The van der Waals surface area contributed by atoms with E-state index in [1.165, 1.54) is 0 Å². The number of nitrogens with zero attached hydrogens (tertiary/aromatic N) is 2. The first-order valence-corrected chi connectivity index (χ1v) is 5.05. The third kappa shape index (κ3) is 2.34. The first-order valence-electron chi connectivity index (χ1n) is 5.05. The molecule has 0 bridgehead atoms. The quantitative estimate of drug-likeness (QED) is 0.857. The summed E-state index contributed by atoms with van der Waals surface area (Å²) in [6.07, 6.45) is 3.60. The van der Waals surface area contributed by atoms with E-state index in [2.05, 4.69) is 4.98 Å². The third-order valence-corrected chi connectivity index (χ3v) is 2.32. The Balaban J connectivity index is 2.07. The molecule has 1 aromatic carbocycles. The second-order valence-corrected chi connectivity index (χ2v) is 3.75. The molecule has 1 heterocycles. The summed E-state index contributed by atoms with van der Waals surface area (Å²) < 4.78 is 7.45. The first kappa shape index (κ1) is 10.5. The molecule has 0 saturated heterocycles. The van der Waals surface area contributed by atoms with Crippen molar-refractivity contribution in [3.63, 3.8) is 0 Å². The molecule has 2 aromatic rings. The number of rotatable bonds is 3. The topological polar surface area (TPSA) is 47.3 Å². The van der Waals surface area contributed by atoms with Gasteiger partial charge in [-0.05, 0) is 24.6 Å². The maximum Gasteiger partial charge on any atom is 0.146 e. The fourth-order valence-corrected chi connectivity index (χ4v) is 1.50. The Bertz CT molecular complexity index is 471. The Morgan fingerprint density at radius 3 is 2.81 bits per heavy atom. The molecule has 1 N–H and O–H groups in total. The van der Waals surface area contributed by atoms with Crippen LogP contribution in [0, 0.1) is 6.92 Å². The average molecular weight is 218 g/mol. The largest absolute Gasteiger partial charge is 0.508 e. The van der Waals surface area contributed by atoms with E-state index in [-0.39, 0.29) is 5.75 Å². The van der Waals surface area contributed by atoms with Gasteiger partial charge in [-0.2, -0.15) is 0 Å². The molecule has 0 saturated carbocycles. The van der Waals surface area contributed by atoms with Crippen molar-refractivity contribution in [3.05, 3.63) is 42.0 Å². The van der Waals surface area contributed by atoms with Crippen molar-refractivity contribution in [1.29, 1.82) is 0 Å². The Morgan fingerprint density at radius 2 is 2.19 bits per heavy atom. The zero-order valence-electron chi connectivity index (χ0n) is 9.34. The fourth-order valence-electron chi connectivity index (χ4n) is 1.50. The lowest BCUT2D eigenvalue weighted by Crippen LogP contribution is -2.02. The smallest absolute Gasteiger partial charge is 0.146 e. The highest BCUT2D eigenvalue weighted by Gasteiger charge is 2.02. The Morgan fingerprint density at radius 1 is 1.38 bits per heavy atom. The molecule has 2 rings (SSSR count). The summed E-state index contributed by atoms with van der Waals surface area (Å²) in [7, 11) is 1.92. The molecular weight excluding hydrogens is 204 g/mol. The highest BCUT2D eigenvalue weighted by molar-refractivity contribution is 5.36. The minimum atomic E-state index is 0.217. The number of aryl methyl sites for hydroxylation is 2. The summed E-state index contributed by atoms with van der Waals surface area (Å²) in [4.78, 5) is 4.15. The minimum absolute atomic E-state index is 0.217. The standard InChI is InChI=1S/C12H14N2O2/c1-9-5-10(15)7-11(6-9)16-8-12-13-3-4-14(12)2/h3-7,15H,8H2,1-2H3. The van der Waals surface area contributed by atoms with Gasteiger partial charge in [0.2, 0.25) is 0 Å². The molecule has 0 aliphatic heterocycles. The summed E-state index contributed by atoms with van der Waals surface area (Å²) in [6.45, 7) is 2.31. The molecule has 16 heavy (non-hydrogen) atoms. The number of phenols is 1. The SMILES string of the molecule is Cc1cc(O)cc(OCc2nccn2C)c1. The van der Waals surface area contributed by atoms with E-state index >= 15 is 0 Å². The predicted octanol–water partition coefficient (Wildman–Crippen LogP) is 2.01. The Labute approximate surface area is 94.1 Å². The van der Waals surface area contributed by atoms with Gasteiger partial charge < -0.3 is 14.4 Å².